The van der Waals surface area contributed by atoms with Crippen LogP contribution in [0.15, 0.2) is 30.5 Å². The lowest BCUT2D eigenvalue weighted by Gasteiger charge is -2.29. The highest BCUT2D eigenvalue weighted by molar-refractivity contribution is 5.95. The number of amides is 3. The van der Waals surface area contributed by atoms with Crippen molar-refractivity contribution in [3.63, 3.8) is 0 Å². The highest BCUT2D eigenvalue weighted by Gasteiger charge is 2.38. The maximum Gasteiger partial charge on any atom is 0.326 e. The lowest BCUT2D eigenvalue weighted by Crippen LogP contribution is -2.58. The first-order valence-corrected chi connectivity index (χ1v) is 12.5. The van der Waals surface area contributed by atoms with Crippen molar-refractivity contribution in [1.82, 2.24) is 20.5 Å². The van der Waals surface area contributed by atoms with E-state index in [1.54, 1.807) is 20.0 Å². The molecule has 1 aromatic carbocycles. The highest BCUT2D eigenvalue weighted by Crippen LogP contribution is 2.22. The van der Waals surface area contributed by atoms with Crippen molar-refractivity contribution in [3.8, 4) is 0 Å². The van der Waals surface area contributed by atoms with Crippen LogP contribution in [0.5, 0.6) is 0 Å². The van der Waals surface area contributed by atoms with Crippen LogP contribution in [0, 0.1) is 11.8 Å². The van der Waals surface area contributed by atoms with Crippen LogP contribution in [-0.4, -0.2) is 69.4 Å². The first kappa shape index (κ1) is 27.2. The van der Waals surface area contributed by atoms with Crippen molar-refractivity contribution in [2.45, 2.75) is 71.1 Å². The van der Waals surface area contributed by atoms with Gasteiger partial charge >= 0.3 is 5.97 Å². The fourth-order valence-corrected chi connectivity index (χ4v) is 4.54. The average Bonchev–Trinajstić information content (AvgIpc) is 3.48. The number of aliphatic carboxylic acids is 1. The molecule has 0 saturated carbocycles. The topological polar surface area (TPSA) is 158 Å². The molecule has 3 amide bonds. The summed E-state index contributed by atoms with van der Waals surface area (Å²) in [5, 5.41) is 15.8. The van der Waals surface area contributed by atoms with Crippen molar-refractivity contribution in [3.05, 3.63) is 36.0 Å². The van der Waals surface area contributed by atoms with Crippen LogP contribution in [0.25, 0.3) is 10.9 Å². The molecule has 2 aromatic rings. The number of benzene rings is 1. The van der Waals surface area contributed by atoms with Crippen LogP contribution in [0.3, 0.4) is 0 Å². The molecule has 6 N–H and O–H groups in total. The van der Waals surface area contributed by atoms with E-state index in [0.717, 1.165) is 16.5 Å². The zero-order chi connectivity index (χ0) is 26.6. The van der Waals surface area contributed by atoms with E-state index in [0.29, 0.717) is 19.4 Å². The fourth-order valence-electron chi connectivity index (χ4n) is 4.54. The Bertz CT molecular complexity index is 1110. The number of nitrogens with one attached hydrogen (secondary N) is 3. The van der Waals surface area contributed by atoms with Crippen LogP contribution >= 0.6 is 0 Å². The normalized spacial score (nSPS) is 18.3. The fraction of sp³-hybridized carbons (Fsp3) is 0.538. The van der Waals surface area contributed by atoms with E-state index >= 15 is 0 Å². The molecule has 10 heteroatoms. The number of carbonyl (C=O) groups is 4. The third-order valence-corrected chi connectivity index (χ3v) is 6.80. The number of aromatic nitrogens is 1. The number of nitrogens with zero attached hydrogens (tertiary/aromatic N) is 1. The SMILES string of the molecule is CC(C)C(N)C(=O)N1CCCC1C(=O)NC(Cc1c[nH]c2ccccc12)C(=O)NC(C(=O)O)C(C)C. The van der Waals surface area contributed by atoms with E-state index in [2.05, 4.69) is 15.6 Å². The van der Waals surface area contributed by atoms with Gasteiger partial charge in [-0.05, 0) is 36.3 Å². The van der Waals surface area contributed by atoms with Gasteiger partial charge in [-0.15, -0.1) is 0 Å². The summed E-state index contributed by atoms with van der Waals surface area (Å²) >= 11 is 0. The predicted molar refractivity (Wildman–Crippen MR) is 136 cm³/mol. The Morgan fingerprint density at radius 1 is 1.11 bits per heavy atom. The van der Waals surface area contributed by atoms with E-state index in [1.807, 2.05) is 38.1 Å². The second kappa shape index (κ2) is 11.6. The van der Waals surface area contributed by atoms with Crippen molar-refractivity contribution in [1.29, 1.82) is 0 Å². The van der Waals surface area contributed by atoms with Crippen LogP contribution in [-0.2, 0) is 25.6 Å². The van der Waals surface area contributed by atoms with Crippen molar-refractivity contribution < 1.29 is 24.3 Å². The third kappa shape index (κ3) is 6.04. The number of hydrogen-bond donors (Lipinski definition) is 5. The number of H-pyrrole nitrogens is 1. The second-order valence-electron chi connectivity index (χ2n) is 10.2. The van der Waals surface area contributed by atoms with Gasteiger partial charge in [-0.2, -0.15) is 0 Å². The minimum Gasteiger partial charge on any atom is -0.480 e. The number of carbonyl (C=O) groups excluding carboxylic acids is 3. The van der Waals surface area contributed by atoms with Gasteiger partial charge in [-0.1, -0.05) is 45.9 Å². The number of likely N-dealkylation sites (tertiary alicyclic amines) is 1. The molecule has 0 bridgehead atoms. The number of nitrogens with two attached hydrogens (primary N) is 1. The van der Waals surface area contributed by atoms with Crippen LogP contribution in [0.1, 0.15) is 46.1 Å². The molecule has 2 heterocycles. The zero-order valence-electron chi connectivity index (χ0n) is 21.3. The number of aromatic amines is 1. The van der Waals surface area contributed by atoms with Gasteiger partial charge in [0, 0.05) is 30.1 Å². The summed E-state index contributed by atoms with van der Waals surface area (Å²) in [6.07, 6.45) is 3.05. The number of rotatable bonds is 10. The van der Waals surface area contributed by atoms with Crippen LogP contribution < -0.4 is 16.4 Å². The molecular formula is C26H37N5O5. The van der Waals surface area contributed by atoms with Crippen molar-refractivity contribution in [2.24, 2.45) is 17.6 Å². The molecule has 36 heavy (non-hydrogen) atoms. The molecule has 1 aliphatic rings. The van der Waals surface area contributed by atoms with Crippen molar-refractivity contribution >= 4 is 34.6 Å². The first-order chi connectivity index (χ1) is 17.0. The standard InChI is InChI=1S/C26H37N5O5/c1-14(2)21(27)25(34)31-11-7-10-20(31)24(33)29-19(23(32)30-22(15(3)4)26(35)36)12-16-13-28-18-9-6-5-8-17(16)18/h5-6,8-9,13-15,19-22,28H,7,10-12,27H2,1-4H3,(H,29,33)(H,30,32)(H,35,36). The molecule has 196 valence electrons. The number of hydrogen-bond acceptors (Lipinski definition) is 5. The minimum atomic E-state index is -1.15. The van der Waals surface area contributed by atoms with Gasteiger partial charge in [0.1, 0.15) is 18.1 Å². The third-order valence-electron chi connectivity index (χ3n) is 6.80. The Kier molecular flexibility index (Phi) is 8.73. The Hall–Kier alpha value is -3.40. The second-order valence-corrected chi connectivity index (χ2v) is 10.2. The predicted octanol–water partition coefficient (Wildman–Crippen LogP) is 1.39. The molecule has 0 radical (unpaired) electrons. The molecule has 1 aliphatic heterocycles. The Morgan fingerprint density at radius 2 is 1.81 bits per heavy atom. The smallest absolute Gasteiger partial charge is 0.326 e. The molecular weight excluding hydrogens is 462 g/mol. The monoisotopic (exact) mass is 499 g/mol. The zero-order valence-corrected chi connectivity index (χ0v) is 21.3. The summed E-state index contributed by atoms with van der Waals surface area (Å²) < 4.78 is 0. The number of para-hydroxylation sites is 1. The number of fused-ring (bicyclic) bond motifs is 1. The summed E-state index contributed by atoms with van der Waals surface area (Å²) in [6, 6.07) is 4.01. The van der Waals surface area contributed by atoms with Gasteiger partial charge in [0.15, 0.2) is 0 Å². The van der Waals surface area contributed by atoms with Gasteiger partial charge in [0.2, 0.25) is 17.7 Å². The van der Waals surface area contributed by atoms with E-state index in [1.165, 1.54) is 4.90 Å². The highest BCUT2D eigenvalue weighted by atomic mass is 16.4. The van der Waals surface area contributed by atoms with Gasteiger partial charge in [0.25, 0.3) is 0 Å². The van der Waals surface area contributed by atoms with E-state index in [-0.39, 0.29) is 24.2 Å². The molecule has 1 fully saturated rings. The maximum absolute atomic E-state index is 13.4. The molecule has 10 nitrogen and oxygen atoms in total. The lowest BCUT2D eigenvalue weighted by molar-refractivity contribution is -0.144. The maximum atomic E-state index is 13.4. The van der Waals surface area contributed by atoms with E-state index in [9.17, 15) is 24.3 Å². The van der Waals surface area contributed by atoms with E-state index < -0.39 is 42.0 Å². The van der Waals surface area contributed by atoms with Crippen molar-refractivity contribution in [2.75, 3.05) is 6.54 Å². The summed E-state index contributed by atoms with van der Waals surface area (Å²) in [7, 11) is 0. The summed E-state index contributed by atoms with van der Waals surface area (Å²) in [4.78, 5) is 55.9. The molecule has 3 rings (SSSR count). The summed E-state index contributed by atoms with van der Waals surface area (Å²) in [5.41, 5.74) is 7.76. The molecule has 4 unspecified atom stereocenters. The lowest BCUT2D eigenvalue weighted by atomic mass is 10.0. The number of carboxylic acid groups (broad SMARTS) is 1. The summed E-state index contributed by atoms with van der Waals surface area (Å²) in [5.74, 6) is -2.91. The Balaban J connectivity index is 1.84. The average molecular weight is 500 g/mol. The molecule has 4 atom stereocenters. The molecule has 0 spiro atoms. The van der Waals surface area contributed by atoms with Crippen LogP contribution in [0.4, 0.5) is 0 Å². The van der Waals surface area contributed by atoms with Gasteiger partial charge in [0.05, 0.1) is 6.04 Å². The first-order valence-electron chi connectivity index (χ1n) is 12.5. The largest absolute Gasteiger partial charge is 0.480 e. The van der Waals surface area contributed by atoms with Crippen LogP contribution in [0.2, 0.25) is 0 Å². The minimum absolute atomic E-state index is 0.0776. The van der Waals surface area contributed by atoms with Gasteiger partial charge in [-0.3, -0.25) is 14.4 Å². The molecule has 0 aliphatic carbocycles. The van der Waals surface area contributed by atoms with Gasteiger partial charge in [-0.25, -0.2) is 4.79 Å². The van der Waals surface area contributed by atoms with Gasteiger partial charge < -0.3 is 31.4 Å². The quantitative estimate of drug-likeness (QED) is 0.332. The molecule has 1 saturated heterocycles. The Morgan fingerprint density at radius 3 is 2.44 bits per heavy atom. The van der Waals surface area contributed by atoms with E-state index in [4.69, 9.17) is 5.73 Å². The number of carboxylic acids is 1. The Labute approximate surface area is 211 Å². The molecule has 1 aromatic heterocycles. The summed E-state index contributed by atoms with van der Waals surface area (Å²) in [6.45, 7) is 7.52.